The first-order valence-corrected chi connectivity index (χ1v) is 22.9. The molecule has 1 N–H and O–H groups in total. The van der Waals surface area contributed by atoms with Crippen molar-refractivity contribution in [2.45, 2.75) is 226 Å². The second kappa shape index (κ2) is 36.2. The molecule has 0 saturated carbocycles. The number of methoxy groups -OCH3 is 1. The zero-order valence-corrected chi connectivity index (χ0v) is 36.0. The molecule has 1 aromatic rings. The summed E-state index contributed by atoms with van der Waals surface area (Å²) in [6.45, 7) is 10.1. The molecule has 0 aliphatic rings. The molecule has 0 heterocycles. The van der Waals surface area contributed by atoms with Gasteiger partial charge in [0.1, 0.15) is 6.04 Å². The molecular formula is C47H85NO6. The fourth-order valence-electron chi connectivity index (χ4n) is 6.89. The van der Waals surface area contributed by atoms with Gasteiger partial charge < -0.3 is 24.3 Å². The van der Waals surface area contributed by atoms with Gasteiger partial charge in [-0.15, -0.1) is 0 Å². The molecular weight excluding hydrogens is 675 g/mol. The van der Waals surface area contributed by atoms with E-state index in [4.69, 9.17) is 18.9 Å². The van der Waals surface area contributed by atoms with E-state index in [1.807, 2.05) is 0 Å². The van der Waals surface area contributed by atoms with Gasteiger partial charge in [-0.3, -0.25) is 4.79 Å². The monoisotopic (exact) mass is 760 g/mol. The molecule has 1 amide bonds. The molecule has 7 heteroatoms. The van der Waals surface area contributed by atoms with Gasteiger partial charge in [0.2, 0.25) is 5.75 Å². The highest BCUT2D eigenvalue weighted by Crippen LogP contribution is 2.40. The second-order valence-corrected chi connectivity index (χ2v) is 15.6. The van der Waals surface area contributed by atoms with Crippen molar-refractivity contribution in [3.05, 3.63) is 17.7 Å². The third-order valence-corrected chi connectivity index (χ3v) is 10.4. The molecule has 0 saturated heterocycles. The van der Waals surface area contributed by atoms with Crippen LogP contribution in [-0.2, 0) is 9.53 Å². The average molecular weight is 760 g/mol. The van der Waals surface area contributed by atoms with E-state index >= 15 is 0 Å². The van der Waals surface area contributed by atoms with Crippen LogP contribution in [0.4, 0.5) is 0 Å². The largest absolute Gasteiger partial charge is 0.490 e. The van der Waals surface area contributed by atoms with Crippen LogP contribution in [0.1, 0.15) is 231 Å². The van der Waals surface area contributed by atoms with Crippen molar-refractivity contribution in [2.75, 3.05) is 26.9 Å². The number of nitrogens with one attached hydrogen (secondary N) is 1. The number of hydrogen-bond donors (Lipinski definition) is 1. The third kappa shape index (κ3) is 26.4. The Balaban J connectivity index is 2.91. The van der Waals surface area contributed by atoms with Crippen LogP contribution in [0.3, 0.4) is 0 Å². The minimum Gasteiger partial charge on any atom is -0.490 e. The van der Waals surface area contributed by atoms with Crippen molar-refractivity contribution >= 4 is 11.9 Å². The van der Waals surface area contributed by atoms with E-state index in [9.17, 15) is 9.59 Å². The van der Waals surface area contributed by atoms with Gasteiger partial charge in [-0.05, 0) is 38.3 Å². The highest BCUT2D eigenvalue weighted by molar-refractivity contribution is 5.97. The maximum Gasteiger partial charge on any atom is 0.328 e. The molecule has 0 aromatic heterocycles. The van der Waals surface area contributed by atoms with Gasteiger partial charge in [-0.25, -0.2) is 4.79 Å². The molecule has 0 aliphatic heterocycles. The first-order valence-electron chi connectivity index (χ1n) is 22.9. The lowest BCUT2D eigenvalue weighted by Gasteiger charge is -2.19. The van der Waals surface area contributed by atoms with Gasteiger partial charge in [-0.1, -0.05) is 194 Å². The van der Waals surface area contributed by atoms with E-state index in [0.29, 0.717) is 42.6 Å². The highest BCUT2D eigenvalue weighted by Gasteiger charge is 2.22. The van der Waals surface area contributed by atoms with Gasteiger partial charge in [0.05, 0.1) is 26.9 Å². The Labute approximate surface area is 333 Å². The molecule has 1 rings (SSSR count). The van der Waals surface area contributed by atoms with Crippen molar-refractivity contribution in [2.24, 2.45) is 0 Å². The number of benzene rings is 1. The summed E-state index contributed by atoms with van der Waals surface area (Å²) >= 11 is 0. The van der Waals surface area contributed by atoms with Crippen LogP contribution in [0.2, 0.25) is 0 Å². The molecule has 0 aliphatic carbocycles. The Morgan fingerprint density at radius 1 is 0.481 bits per heavy atom. The summed E-state index contributed by atoms with van der Waals surface area (Å²) < 4.78 is 24.1. The fraction of sp³-hybridized carbons (Fsp3) is 0.830. The quantitative estimate of drug-likeness (QED) is 0.0531. The number of rotatable bonds is 39. The number of amides is 1. The minimum absolute atomic E-state index is 0.373. The summed E-state index contributed by atoms with van der Waals surface area (Å²) in [6, 6.07) is 2.72. The summed E-state index contributed by atoms with van der Waals surface area (Å²) in [5.41, 5.74) is 0.383. The SMILES string of the molecule is CCCCCCCCCCCCOc1cc(C(=O)N[C@@H](C)C(=O)OC)cc(OCCCCCCCCCCCC)c1OCCCCCCCCCCCC. The standard InChI is InChI=1S/C47H85NO6/c1-6-9-12-15-18-21-24-27-30-33-36-52-43-39-42(46(49)48-41(4)47(50)51-5)40-44(53-37-34-31-28-25-22-19-16-13-10-7-2)45(43)54-38-35-32-29-26-23-20-17-14-11-8-3/h39-41H,6-38H2,1-5H3,(H,48,49)/t41-/m0/s1. The van der Waals surface area contributed by atoms with Gasteiger partial charge in [-0.2, -0.15) is 0 Å². The molecule has 0 bridgehead atoms. The number of esters is 1. The van der Waals surface area contributed by atoms with Gasteiger partial charge in [0, 0.05) is 5.56 Å². The maximum absolute atomic E-state index is 13.4. The van der Waals surface area contributed by atoms with Crippen LogP contribution in [-0.4, -0.2) is 44.8 Å². The highest BCUT2D eigenvalue weighted by atomic mass is 16.5. The van der Waals surface area contributed by atoms with Crippen LogP contribution >= 0.6 is 0 Å². The van der Waals surface area contributed by atoms with Crippen molar-refractivity contribution in [1.82, 2.24) is 5.32 Å². The molecule has 314 valence electrons. The zero-order chi connectivity index (χ0) is 39.3. The topological polar surface area (TPSA) is 83.1 Å². The summed E-state index contributed by atoms with van der Waals surface area (Å²) in [5, 5.41) is 2.77. The van der Waals surface area contributed by atoms with Crippen molar-refractivity contribution in [3.8, 4) is 17.2 Å². The van der Waals surface area contributed by atoms with Crippen LogP contribution in [0.5, 0.6) is 17.2 Å². The Kier molecular flexibility index (Phi) is 33.2. The van der Waals surface area contributed by atoms with Gasteiger partial charge in [0.25, 0.3) is 5.91 Å². The number of unbranched alkanes of at least 4 members (excludes halogenated alkanes) is 27. The van der Waals surface area contributed by atoms with Crippen molar-refractivity contribution in [1.29, 1.82) is 0 Å². The Hall–Kier alpha value is -2.44. The minimum atomic E-state index is -0.776. The number of ether oxygens (including phenoxy) is 4. The molecule has 54 heavy (non-hydrogen) atoms. The van der Waals surface area contributed by atoms with E-state index in [1.54, 1.807) is 19.1 Å². The molecule has 0 fully saturated rings. The molecule has 1 atom stereocenters. The van der Waals surface area contributed by atoms with Gasteiger partial charge in [0.15, 0.2) is 11.5 Å². The van der Waals surface area contributed by atoms with E-state index < -0.39 is 12.0 Å². The lowest BCUT2D eigenvalue weighted by Crippen LogP contribution is -2.39. The lowest BCUT2D eigenvalue weighted by atomic mass is 10.1. The molecule has 7 nitrogen and oxygen atoms in total. The van der Waals surface area contributed by atoms with Crippen LogP contribution in [0.15, 0.2) is 12.1 Å². The molecule has 1 aromatic carbocycles. The van der Waals surface area contributed by atoms with Crippen LogP contribution in [0.25, 0.3) is 0 Å². The zero-order valence-electron chi connectivity index (χ0n) is 36.0. The Morgan fingerprint density at radius 2 is 0.778 bits per heavy atom. The summed E-state index contributed by atoms with van der Waals surface area (Å²) in [4.78, 5) is 25.5. The van der Waals surface area contributed by atoms with Crippen LogP contribution < -0.4 is 19.5 Å². The smallest absolute Gasteiger partial charge is 0.328 e. The van der Waals surface area contributed by atoms with E-state index in [0.717, 1.165) is 38.5 Å². The van der Waals surface area contributed by atoms with E-state index in [1.165, 1.54) is 161 Å². The number of carbonyl (C=O) groups excluding carboxylic acids is 2. The normalized spacial score (nSPS) is 11.7. The number of carbonyl (C=O) groups is 2. The third-order valence-electron chi connectivity index (χ3n) is 10.4. The van der Waals surface area contributed by atoms with Gasteiger partial charge >= 0.3 is 5.97 Å². The number of hydrogen-bond acceptors (Lipinski definition) is 6. The summed E-state index contributed by atoms with van der Waals surface area (Å²) in [7, 11) is 1.32. The van der Waals surface area contributed by atoms with E-state index in [-0.39, 0.29) is 5.91 Å². The lowest BCUT2D eigenvalue weighted by molar-refractivity contribution is -0.142. The Morgan fingerprint density at radius 3 is 1.09 bits per heavy atom. The summed E-state index contributed by atoms with van der Waals surface area (Å²) in [5.74, 6) is 0.794. The summed E-state index contributed by atoms with van der Waals surface area (Å²) in [6.07, 6.45) is 37.7. The average Bonchev–Trinajstić information content (AvgIpc) is 3.18. The van der Waals surface area contributed by atoms with Crippen molar-refractivity contribution in [3.63, 3.8) is 0 Å². The fourth-order valence-corrected chi connectivity index (χ4v) is 6.89. The molecule has 0 radical (unpaired) electrons. The second-order valence-electron chi connectivity index (χ2n) is 15.6. The molecule has 0 unspecified atom stereocenters. The van der Waals surface area contributed by atoms with Crippen molar-refractivity contribution < 1.29 is 28.5 Å². The predicted octanol–water partition coefficient (Wildman–Crippen LogP) is 13.9. The predicted molar refractivity (Wildman–Crippen MR) is 227 cm³/mol. The Bertz CT molecular complexity index is 982. The maximum atomic E-state index is 13.4. The first-order chi connectivity index (χ1) is 26.5. The first kappa shape index (κ1) is 49.6. The van der Waals surface area contributed by atoms with Crippen LogP contribution in [0, 0.1) is 0 Å². The molecule has 0 spiro atoms. The van der Waals surface area contributed by atoms with E-state index in [2.05, 4.69) is 26.1 Å².